The number of benzene rings is 1. The SMILES string of the molecule is CCCC(C)Oc1cc2c(cc1CNCC(C)C)OCO2. The fraction of sp³-hybridized carbons (Fsp3) is 0.647. The van der Waals surface area contributed by atoms with Crippen LogP contribution < -0.4 is 19.5 Å². The highest BCUT2D eigenvalue weighted by Crippen LogP contribution is 2.38. The molecule has 0 saturated heterocycles. The van der Waals surface area contributed by atoms with Gasteiger partial charge in [0, 0.05) is 18.2 Å². The topological polar surface area (TPSA) is 39.7 Å². The first kappa shape index (κ1) is 16.0. The second kappa shape index (κ2) is 7.55. The van der Waals surface area contributed by atoms with Gasteiger partial charge in [0.2, 0.25) is 6.79 Å². The zero-order valence-electron chi connectivity index (χ0n) is 13.6. The van der Waals surface area contributed by atoms with Gasteiger partial charge in [-0.15, -0.1) is 0 Å². The van der Waals surface area contributed by atoms with Crippen molar-refractivity contribution in [2.75, 3.05) is 13.3 Å². The summed E-state index contributed by atoms with van der Waals surface area (Å²) in [5.74, 6) is 3.12. The zero-order chi connectivity index (χ0) is 15.2. The normalized spacial score (nSPS) is 14.5. The van der Waals surface area contributed by atoms with Crippen LogP contribution in [0.1, 0.15) is 46.1 Å². The van der Waals surface area contributed by atoms with Crippen LogP contribution in [0, 0.1) is 5.92 Å². The standard InChI is InChI=1S/C17H27NO3/c1-5-6-13(4)21-15-8-17-16(19-11-20-17)7-14(15)10-18-9-12(2)3/h7-8,12-13,18H,5-6,9-11H2,1-4H3. The molecule has 1 aliphatic heterocycles. The maximum Gasteiger partial charge on any atom is 0.231 e. The van der Waals surface area contributed by atoms with Crippen molar-refractivity contribution in [3.63, 3.8) is 0 Å². The van der Waals surface area contributed by atoms with Gasteiger partial charge in [-0.25, -0.2) is 0 Å². The molecule has 1 heterocycles. The molecule has 0 bridgehead atoms. The van der Waals surface area contributed by atoms with E-state index in [1.807, 2.05) is 12.1 Å². The van der Waals surface area contributed by atoms with Gasteiger partial charge in [0.1, 0.15) is 5.75 Å². The molecule has 0 saturated carbocycles. The van der Waals surface area contributed by atoms with Gasteiger partial charge in [0.25, 0.3) is 0 Å². The quantitative estimate of drug-likeness (QED) is 0.793. The van der Waals surface area contributed by atoms with Crippen LogP contribution in [0.3, 0.4) is 0 Å². The Kier molecular flexibility index (Phi) is 5.74. The van der Waals surface area contributed by atoms with Gasteiger partial charge < -0.3 is 19.5 Å². The number of hydrogen-bond donors (Lipinski definition) is 1. The van der Waals surface area contributed by atoms with Crippen LogP contribution in [-0.2, 0) is 6.54 Å². The monoisotopic (exact) mass is 293 g/mol. The summed E-state index contributed by atoms with van der Waals surface area (Å²) in [7, 11) is 0. The summed E-state index contributed by atoms with van der Waals surface area (Å²) in [4.78, 5) is 0. The summed E-state index contributed by atoms with van der Waals surface area (Å²) >= 11 is 0. The lowest BCUT2D eigenvalue weighted by molar-refractivity contribution is 0.173. The molecule has 1 aromatic carbocycles. The van der Waals surface area contributed by atoms with E-state index in [1.54, 1.807) is 0 Å². The Balaban J connectivity index is 2.11. The van der Waals surface area contributed by atoms with Crippen molar-refractivity contribution in [1.29, 1.82) is 0 Å². The average Bonchev–Trinajstić information content (AvgIpc) is 2.85. The summed E-state index contributed by atoms with van der Waals surface area (Å²) < 4.78 is 17.0. The fourth-order valence-electron chi connectivity index (χ4n) is 2.39. The summed E-state index contributed by atoms with van der Waals surface area (Å²) in [6.07, 6.45) is 2.37. The van der Waals surface area contributed by atoms with E-state index in [4.69, 9.17) is 14.2 Å². The number of ether oxygens (including phenoxy) is 3. The molecule has 0 spiro atoms. The summed E-state index contributed by atoms with van der Waals surface area (Å²) in [6, 6.07) is 3.99. The van der Waals surface area contributed by atoms with Crippen molar-refractivity contribution < 1.29 is 14.2 Å². The van der Waals surface area contributed by atoms with Crippen LogP contribution in [0.25, 0.3) is 0 Å². The van der Waals surface area contributed by atoms with Gasteiger partial charge in [0.15, 0.2) is 11.5 Å². The Morgan fingerprint density at radius 3 is 2.57 bits per heavy atom. The lowest BCUT2D eigenvalue weighted by Gasteiger charge is -2.18. The highest BCUT2D eigenvalue weighted by Gasteiger charge is 2.19. The Morgan fingerprint density at radius 2 is 1.90 bits per heavy atom. The highest BCUT2D eigenvalue weighted by molar-refractivity contribution is 5.51. The van der Waals surface area contributed by atoms with E-state index in [-0.39, 0.29) is 6.10 Å². The summed E-state index contributed by atoms with van der Waals surface area (Å²) in [5, 5.41) is 3.46. The molecule has 0 radical (unpaired) electrons. The van der Waals surface area contributed by atoms with Crippen LogP contribution in [0.5, 0.6) is 17.2 Å². The molecule has 0 fully saturated rings. The summed E-state index contributed by atoms with van der Waals surface area (Å²) in [6.45, 7) is 10.7. The minimum Gasteiger partial charge on any atom is -0.490 e. The van der Waals surface area contributed by atoms with E-state index in [0.29, 0.717) is 12.7 Å². The van der Waals surface area contributed by atoms with Crippen LogP contribution in [0.15, 0.2) is 12.1 Å². The third-order valence-corrected chi connectivity index (χ3v) is 3.45. The Labute approximate surface area is 127 Å². The van der Waals surface area contributed by atoms with E-state index in [2.05, 4.69) is 33.0 Å². The van der Waals surface area contributed by atoms with Gasteiger partial charge in [-0.3, -0.25) is 0 Å². The minimum absolute atomic E-state index is 0.208. The van der Waals surface area contributed by atoms with Crippen LogP contribution in [-0.4, -0.2) is 19.4 Å². The smallest absolute Gasteiger partial charge is 0.231 e. The van der Waals surface area contributed by atoms with Crippen molar-refractivity contribution in [3.8, 4) is 17.2 Å². The number of fused-ring (bicyclic) bond motifs is 1. The van der Waals surface area contributed by atoms with Gasteiger partial charge in [-0.2, -0.15) is 0 Å². The predicted octanol–water partition coefficient (Wildman–Crippen LogP) is 3.73. The fourth-order valence-corrected chi connectivity index (χ4v) is 2.39. The van der Waals surface area contributed by atoms with Gasteiger partial charge in [0.05, 0.1) is 6.10 Å². The van der Waals surface area contributed by atoms with Crippen molar-refractivity contribution >= 4 is 0 Å². The number of nitrogens with one attached hydrogen (secondary N) is 1. The maximum absolute atomic E-state index is 6.09. The lowest BCUT2D eigenvalue weighted by Crippen LogP contribution is -2.20. The van der Waals surface area contributed by atoms with Crippen molar-refractivity contribution in [1.82, 2.24) is 5.32 Å². The molecule has 4 nitrogen and oxygen atoms in total. The molecule has 1 unspecified atom stereocenters. The van der Waals surface area contributed by atoms with Crippen LogP contribution in [0.2, 0.25) is 0 Å². The molecule has 1 N–H and O–H groups in total. The van der Waals surface area contributed by atoms with Crippen molar-refractivity contribution in [2.24, 2.45) is 5.92 Å². The highest BCUT2D eigenvalue weighted by atomic mass is 16.7. The van der Waals surface area contributed by atoms with Crippen molar-refractivity contribution in [2.45, 2.75) is 53.2 Å². The van der Waals surface area contributed by atoms with Crippen LogP contribution >= 0.6 is 0 Å². The Hall–Kier alpha value is -1.42. The molecule has 1 aliphatic rings. The molecule has 21 heavy (non-hydrogen) atoms. The first-order chi connectivity index (χ1) is 10.1. The molecule has 0 aliphatic carbocycles. The zero-order valence-corrected chi connectivity index (χ0v) is 13.6. The first-order valence-electron chi connectivity index (χ1n) is 7.90. The van der Waals surface area contributed by atoms with E-state index >= 15 is 0 Å². The molecule has 1 aromatic rings. The first-order valence-corrected chi connectivity index (χ1v) is 7.90. The van der Waals surface area contributed by atoms with Crippen molar-refractivity contribution in [3.05, 3.63) is 17.7 Å². The second-order valence-electron chi connectivity index (χ2n) is 6.06. The third kappa shape index (κ3) is 4.53. The minimum atomic E-state index is 0.208. The van der Waals surface area contributed by atoms with E-state index < -0.39 is 0 Å². The molecule has 0 amide bonds. The van der Waals surface area contributed by atoms with Gasteiger partial charge in [-0.1, -0.05) is 27.2 Å². The van der Waals surface area contributed by atoms with Gasteiger partial charge >= 0.3 is 0 Å². The Morgan fingerprint density at radius 1 is 1.19 bits per heavy atom. The average molecular weight is 293 g/mol. The molecular formula is C17H27NO3. The van der Waals surface area contributed by atoms with E-state index in [0.717, 1.165) is 48.7 Å². The van der Waals surface area contributed by atoms with Crippen LogP contribution in [0.4, 0.5) is 0 Å². The second-order valence-corrected chi connectivity index (χ2v) is 6.06. The molecule has 2 rings (SSSR count). The Bertz CT molecular complexity index is 460. The number of rotatable bonds is 8. The molecular weight excluding hydrogens is 266 g/mol. The molecule has 1 atom stereocenters. The van der Waals surface area contributed by atoms with E-state index in [9.17, 15) is 0 Å². The number of hydrogen-bond acceptors (Lipinski definition) is 4. The third-order valence-electron chi connectivity index (χ3n) is 3.45. The van der Waals surface area contributed by atoms with E-state index in [1.165, 1.54) is 0 Å². The maximum atomic E-state index is 6.09. The predicted molar refractivity (Wildman–Crippen MR) is 84.1 cm³/mol. The molecule has 4 heteroatoms. The molecule has 118 valence electrons. The largest absolute Gasteiger partial charge is 0.490 e. The summed E-state index contributed by atoms with van der Waals surface area (Å²) in [5.41, 5.74) is 1.13. The van der Waals surface area contributed by atoms with Gasteiger partial charge in [-0.05, 0) is 31.9 Å². The lowest BCUT2D eigenvalue weighted by atomic mass is 10.1. The molecule has 0 aromatic heterocycles.